The molecule has 0 aromatic heterocycles. The largest absolute Gasteiger partial charge is 0.389 e. The minimum absolute atomic E-state index is 0.0939. The molecule has 3 unspecified atom stereocenters. The molecule has 3 aliphatic rings. The molecule has 6 nitrogen and oxygen atoms in total. The van der Waals surface area contributed by atoms with E-state index in [-0.39, 0.29) is 12.1 Å². The first kappa shape index (κ1) is 19.5. The van der Waals surface area contributed by atoms with Gasteiger partial charge in [-0.05, 0) is 50.6 Å². The van der Waals surface area contributed by atoms with Gasteiger partial charge in [0.25, 0.3) is 5.91 Å². The summed E-state index contributed by atoms with van der Waals surface area (Å²) < 4.78 is 0. The van der Waals surface area contributed by atoms with Crippen molar-refractivity contribution in [2.45, 2.75) is 32.5 Å². The number of allylic oxidation sites excluding steroid dienone is 1. The highest BCUT2D eigenvalue weighted by atomic mass is 16.1. The standard InChI is InChI=1S/C25H29N5O/c1-16(2)10-11-30-23-13-19(27-25(31)17-6-4-3-5-7-17)8-9-20(23)29-24(30)21-12-18-14-26-15-22(18)28-21/h3-10,13,15,18,21,24,26,28-29H,11-12,14H2,1-2H3,(H,27,31). The molecule has 3 atom stereocenters. The molecule has 2 aromatic rings. The van der Waals surface area contributed by atoms with Crippen LogP contribution in [-0.4, -0.2) is 31.2 Å². The second-order valence-corrected chi connectivity index (χ2v) is 8.77. The molecule has 0 spiro atoms. The molecule has 4 N–H and O–H groups in total. The number of carbonyl (C=O) groups excluding carboxylic acids is 1. The van der Waals surface area contributed by atoms with Crippen LogP contribution in [0, 0.1) is 5.92 Å². The predicted octanol–water partition coefficient (Wildman–Crippen LogP) is 3.89. The summed E-state index contributed by atoms with van der Waals surface area (Å²) in [6.07, 6.45) is 5.64. The first-order valence-corrected chi connectivity index (χ1v) is 11.0. The molecule has 2 aromatic carbocycles. The molecule has 3 aliphatic heterocycles. The van der Waals surface area contributed by atoms with E-state index >= 15 is 0 Å². The van der Waals surface area contributed by atoms with Gasteiger partial charge in [0.15, 0.2) is 0 Å². The van der Waals surface area contributed by atoms with Gasteiger partial charge in [-0.3, -0.25) is 4.79 Å². The fourth-order valence-electron chi connectivity index (χ4n) is 4.66. The monoisotopic (exact) mass is 415 g/mol. The second kappa shape index (κ2) is 8.02. The van der Waals surface area contributed by atoms with Crippen LogP contribution < -0.4 is 26.2 Å². The molecule has 1 amide bonds. The van der Waals surface area contributed by atoms with Gasteiger partial charge in [0, 0.05) is 42.2 Å². The summed E-state index contributed by atoms with van der Waals surface area (Å²) in [7, 11) is 0. The molecule has 0 aliphatic carbocycles. The van der Waals surface area contributed by atoms with E-state index in [1.807, 2.05) is 36.4 Å². The summed E-state index contributed by atoms with van der Waals surface area (Å²) in [6.45, 7) is 6.10. The maximum Gasteiger partial charge on any atom is 0.255 e. The predicted molar refractivity (Wildman–Crippen MR) is 126 cm³/mol. The molecular weight excluding hydrogens is 386 g/mol. The van der Waals surface area contributed by atoms with E-state index < -0.39 is 0 Å². The molecule has 160 valence electrons. The molecule has 1 saturated heterocycles. The third-order valence-electron chi connectivity index (χ3n) is 6.27. The van der Waals surface area contributed by atoms with Crippen LogP contribution in [0.3, 0.4) is 0 Å². The van der Waals surface area contributed by atoms with Crippen LogP contribution in [0.15, 0.2) is 72.1 Å². The lowest BCUT2D eigenvalue weighted by Crippen LogP contribution is -2.49. The van der Waals surface area contributed by atoms with Crippen LogP contribution in [0.25, 0.3) is 0 Å². The Kier molecular flexibility index (Phi) is 5.06. The van der Waals surface area contributed by atoms with Gasteiger partial charge in [0.2, 0.25) is 0 Å². The molecular formula is C25H29N5O. The highest BCUT2D eigenvalue weighted by Gasteiger charge is 2.41. The van der Waals surface area contributed by atoms with Crippen molar-refractivity contribution in [2.75, 3.05) is 28.6 Å². The number of anilines is 3. The number of carbonyl (C=O) groups is 1. The molecule has 0 saturated carbocycles. The van der Waals surface area contributed by atoms with Gasteiger partial charge in [-0.2, -0.15) is 0 Å². The summed E-state index contributed by atoms with van der Waals surface area (Å²) in [6, 6.07) is 15.8. The lowest BCUT2D eigenvalue weighted by Gasteiger charge is -2.31. The summed E-state index contributed by atoms with van der Waals surface area (Å²) in [5.74, 6) is 0.477. The smallest absolute Gasteiger partial charge is 0.255 e. The first-order chi connectivity index (χ1) is 15.1. The van der Waals surface area contributed by atoms with Crippen molar-refractivity contribution in [3.63, 3.8) is 0 Å². The van der Waals surface area contributed by atoms with Crippen LogP contribution in [-0.2, 0) is 0 Å². The van der Waals surface area contributed by atoms with Crippen molar-refractivity contribution in [3.05, 3.63) is 77.6 Å². The van der Waals surface area contributed by atoms with E-state index in [1.165, 1.54) is 11.3 Å². The van der Waals surface area contributed by atoms with E-state index in [9.17, 15) is 4.79 Å². The fraction of sp³-hybridized carbons (Fsp3) is 0.320. The number of nitrogens with zero attached hydrogens (tertiary/aromatic N) is 1. The topological polar surface area (TPSA) is 68.4 Å². The number of fused-ring (bicyclic) bond motifs is 2. The highest BCUT2D eigenvalue weighted by Crippen LogP contribution is 2.40. The lowest BCUT2D eigenvalue weighted by atomic mass is 10.0. The first-order valence-electron chi connectivity index (χ1n) is 11.0. The number of nitrogens with one attached hydrogen (secondary N) is 4. The van der Waals surface area contributed by atoms with Crippen molar-refractivity contribution in [3.8, 4) is 0 Å². The Bertz CT molecular complexity index is 1040. The summed E-state index contributed by atoms with van der Waals surface area (Å²) in [4.78, 5) is 15.0. The maximum atomic E-state index is 12.6. The van der Waals surface area contributed by atoms with Crippen molar-refractivity contribution in [2.24, 2.45) is 5.92 Å². The average Bonchev–Trinajstić information content (AvgIpc) is 3.45. The summed E-state index contributed by atoms with van der Waals surface area (Å²) in [5.41, 5.74) is 6.31. The molecule has 0 radical (unpaired) electrons. The quantitative estimate of drug-likeness (QED) is 0.558. The average molecular weight is 416 g/mol. The van der Waals surface area contributed by atoms with Gasteiger partial charge in [-0.25, -0.2) is 0 Å². The van der Waals surface area contributed by atoms with Gasteiger partial charge in [-0.15, -0.1) is 0 Å². The molecule has 1 fully saturated rings. The van der Waals surface area contributed by atoms with Crippen molar-refractivity contribution in [1.82, 2.24) is 10.6 Å². The Morgan fingerprint density at radius 1 is 1.16 bits per heavy atom. The zero-order chi connectivity index (χ0) is 21.4. The van der Waals surface area contributed by atoms with Crippen LogP contribution in [0.4, 0.5) is 17.1 Å². The maximum absolute atomic E-state index is 12.6. The van der Waals surface area contributed by atoms with Crippen LogP contribution in [0.1, 0.15) is 30.6 Å². The third kappa shape index (κ3) is 3.85. The Morgan fingerprint density at radius 2 is 2.00 bits per heavy atom. The number of hydrogen-bond acceptors (Lipinski definition) is 5. The number of amides is 1. The van der Waals surface area contributed by atoms with E-state index in [4.69, 9.17) is 0 Å². The molecule has 0 bridgehead atoms. The van der Waals surface area contributed by atoms with E-state index in [1.54, 1.807) is 0 Å². The summed E-state index contributed by atoms with van der Waals surface area (Å²) in [5, 5.41) is 13.8. The van der Waals surface area contributed by atoms with Crippen LogP contribution in [0.2, 0.25) is 0 Å². The zero-order valence-corrected chi connectivity index (χ0v) is 18.0. The van der Waals surface area contributed by atoms with Crippen molar-refractivity contribution >= 4 is 23.0 Å². The Labute approximate surface area is 183 Å². The number of hydrogen-bond donors (Lipinski definition) is 4. The van der Waals surface area contributed by atoms with E-state index in [2.05, 4.69) is 64.4 Å². The normalized spacial score (nSPS) is 23.1. The molecule has 5 rings (SSSR count). The van der Waals surface area contributed by atoms with E-state index in [0.29, 0.717) is 17.5 Å². The zero-order valence-electron chi connectivity index (χ0n) is 18.0. The minimum Gasteiger partial charge on any atom is -0.389 e. The fourth-order valence-corrected chi connectivity index (χ4v) is 4.66. The van der Waals surface area contributed by atoms with Gasteiger partial charge in [-0.1, -0.05) is 29.8 Å². The van der Waals surface area contributed by atoms with E-state index in [0.717, 1.165) is 36.6 Å². The summed E-state index contributed by atoms with van der Waals surface area (Å²) >= 11 is 0. The Balaban J connectivity index is 1.39. The number of rotatable bonds is 5. The van der Waals surface area contributed by atoms with Gasteiger partial charge in [0.05, 0.1) is 17.4 Å². The lowest BCUT2D eigenvalue weighted by molar-refractivity contribution is 0.102. The van der Waals surface area contributed by atoms with Gasteiger partial charge >= 0.3 is 0 Å². The molecule has 3 heterocycles. The second-order valence-electron chi connectivity index (χ2n) is 8.77. The SMILES string of the molecule is CC(C)=CCN1c2cc(NC(=O)c3ccccc3)ccc2NC1C1CC2CNC=C2N1. The highest BCUT2D eigenvalue weighted by molar-refractivity contribution is 6.04. The number of benzene rings is 2. The van der Waals surface area contributed by atoms with Gasteiger partial charge < -0.3 is 26.2 Å². The molecule has 31 heavy (non-hydrogen) atoms. The minimum atomic E-state index is -0.0939. The molecule has 6 heteroatoms. The van der Waals surface area contributed by atoms with Crippen LogP contribution >= 0.6 is 0 Å². The van der Waals surface area contributed by atoms with Crippen molar-refractivity contribution < 1.29 is 4.79 Å². The third-order valence-corrected chi connectivity index (χ3v) is 6.27. The Hall–Kier alpha value is -3.41. The van der Waals surface area contributed by atoms with Crippen molar-refractivity contribution in [1.29, 1.82) is 0 Å². The van der Waals surface area contributed by atoms with Crippen LogP contribution in [0.5, 0.6) is 0 Å². The van der Waals surface area contributed by atoms with Gasteiger partial charge in [0.1, 0.15) is 6.17 Å². The Morgan fingerprint density at radius 3 is 2.77 bits per heavy atom.